The second-order valence-electron chi connectivity index (χ2n) is 8.24. The van der Waals surface area contributed by atoms with Gasteiger partial charge in [0.1, 0.15) is 0 Å². The van der Waals surface area contributed by atoms with Crippen LogP contribution >= 0.6 is 0 Å². The molecule has 0 bridgehead atoms. The van der Waals surface area contributed by atoms with E-state index in [1.807, 2.05) is 24.3 Å². The fraction of sp³-hybridized carbons (Fsp3) is 0.455. The molecule has 4 heterocycles. The van der Waals surface area contributed by atoms with Gasteiger partial charge in [-0.15, -0.1) is 0 Å². The summed E-state index contributed by atoms with van der Waals surface area (Å²) in [6.07, 6.45) is -4.13. The summed E-state index contributed by atoms with van der Waals surface area (Å²) in [5.41, 5.74) is 0.796. The number of amides is 1. The average Bonchev–Trinajstić information content (AvgIpc) is 3.56. The third-order valence-electron chi connectivity index (χ3n) is 5.66. The van der Waals surface area contributed by atoms with Gasteiger partial charge in [-0.3, -0.25) is 9.69 Å². The van der Waals surface area contributed by atoms with Crippen molar-refractivity contribution in [3.8, 4) is 5.88 Å². The highest BCUT2D eigenvalue weighted by molar-refractivity contribution is 5.86. The first-order chi connectivity index (χ1) is 17.6. The van der Waals surface area contributed by atoms with E-state index in [2.05, 4.69) is 15.2 Å². The van der Waals surface area contributed by atoms with Gasteiger partial charge in [-0.2, -0.15) is 26.3 Å². The van der Waals surface area contributed by atoms with Gasteiger partial charge in [-0.1, -0.05) is 6.07 Å². The van der Waals surface area contributed by atoms with Crippen LogP contribution in [0.2, 0.25) is 0 Å². The number of pyridine rings is 1. The van der Waals surface area contributed by atoms with Crippen LogP contribution in [0.1, 0.15) is 12.0 Å². The van der Waals surface area contributed by atoms with Crippen molar-refractivity contribution in [1.82, 2.24) is 15.2 Å². The summed E-state index contributed by atoms with van der Waals surface area (Å²) in [7, 11) is 0. The van der Waals surface area contributed by atoms with Crippen molar-refractivity contribution in [2.75, 3.05) is 26.2 Å². The zero-order valence-corrected chi connectivity index (χ0v) is 19.5. The Morgan fingerprint density at radius 3 is 2.26 bits per heavy atom. The van der Waals surface area contributed by atoms with Crippen molar-refractivity contribution >= 4 is 17.8 Å². The molecule has 4 rings (SSSR count). The Balaban J connectivity index is 0.000000301. The van der Waals surface area contributed by atoms with Crippen LogP contribution in [0.5, 0.6) is 5.88 Å². The third kappa shape index (κ3) is 8.64. The lowest BCUT2D eigenvalue weighted by Crippen LogP contribution is -2.40. The molecular weight excluding hydrogens is 532 g/mol. The number of carbonyl (C=O) groups excluding carboxylic acids is 1. The van der Waals surface area contributed by atoms with Crippen LogP contribution < -0.4 is 10.1 Å². The minimum Gasteiger partial charge on any atom is -0.477 e. The van der Waals surface area contributed by atoms with Crippen LogP contribution in [0, 0.1) is 11.3 Å². The Morgan fingerprint density at radius 1 is 1.13 bits per heavy atom. The second-order valence-corrected chi connectivity index (χ2v) is 8.24. The van der Waals surface area contributed by atoms with Gasteiger partial charge in [-0.05, 0) is 25.1 Å². The summed E-state index contributed by atoms with van der Waals surface area (Å²) >= 11 is 0. The Hall–Kier alpha value is -3.82. The van der Waals surface area contributed by atoms with Crippen LogP contribution in [0.25, 0.3) is 0 Å². The molecular formula is C22H23F6N3O7. The Bertz CT molecular complexity index is 1040. The molecule has 1 spiro atoms. The quantitative estimate of drug-likeness (QED) is 0.475. The highest BCUT2D eigenvalue weighted by atomic mass is 19.4. The van der Waals surface area contributed by atoms with E-state index in [1.54, 1.807) is 18.7 Å². The average molecular weight is 555 g/mol. The summed E-state index contributed by atoms with van der Waals surface area (Å²) in [4.78, 5) is 36.8. The first-order valence-electron chi connectivity index (χ1n) is 10.8. The SMILES string of the molecule is O=C(O)C(F)(F)F.O=C(O)C(F)(F)F.O=C1NC[C@H](COc2ccccn2)[C@]12CCN(Cc1ccoc1)C2. The highest BCUT2D eigenvalue weighted by Gasteiger charge is 2.54. The molecule has 3 N–H and O–H groups in total. The number of likely N-dealkylation sites (tertiary alicyclic amines) is 1. The number of nitrogens with zero attached hydrogens (tertiary/aromatic N) is 2. The number of ether oxygens (including phenoxy) is 1. The van der Waals surface area contributed by atoms with Gasteiger partial charge in [-0.25, -0.2) is 14.6 Å². The summed E-state index contributed by atoms with van der Waals surface area (Å²) < 4.78 is 74.4. The predicted octanol–water partition coefficient (Wildman–Crippen LogP) is 2.96. The largest absolute Gasteiger partial charge is 0.490 e. The molecule has 2 aliphatic heterocycles. The third-order valence-corrected chi connectivity index (χ3v) is 5.66. The predicted molar refractivity (Wildman–Crippen MR) is 115 cm³/mol. The lowest BCUT2D eigenvalue weighted by Gasteiger charge is -2.28. The molecule has 2 aromatic rings. The molecule has 0 aromatic carbocycles. The molecule has 1 amide bonds. The number of furan rings is 1. The molecule has 2 aromatic heterocycles. The minimum atomic E-state index is -5.08. The van der Waals surface area contributed by atoms with Crippen molar-refractivity contribution in [3.05, 3.63) is 48.6 Å². The fourth-order valence-corrected chi connectivity index (χ4v) is 3.82. The molecule has 10 nitrogen and oxygen atoms in total. The van der Waals surface area contributed by atoms with Crippen LogP contribution in [-0.2, 0) is 20.9 Å². The molecule has 0 aliphatic carbocycles. The summed E-state index contributed by atoms with van der Waals surface area (Å²) in [6, 6.07) is 7.58. The maximum Gasteiger partial charge on any atom is 0.490 e. The lowest BCUT2D eigenvalue weighted by atomic mass is 9.77. The molecule has 2 atom stereocenters. The smallest absolute Gasteiger partial charge is 0.477 e. The maximum atomic E-state index is 12.5. The van der Waals surface area contributed by atoms with Gasteiger partial charge >= 0.3 is 24.3 Å². The molecule has 16 heteroatoms. The summed E-state index contributed by atoms with van der Waals surface area (Å²) in [6.45, 7) is 3.68. The van der Waals surface area contributed by atoms with Crippen molar-refractivity contribution < 1.29 is 60.1 Å². The lowest BCUT2D eigenvalue weighted by molar-refractivity contribution is -0.193. The van der Waals surface area contributed by atoms with E-state index < -0.39 is 24.3 Å². The zero-order chi connectivity index (χ0) is 28.6. The van der Waals surface area contributed by atoms with Crippen LogP contribution in [0.15, 0.2) is 47.4 Å². The van der Waals surface area contributed by atoms with Gasteiger partial charge in [0.05, 0.1) is 24.5 Å². The summed E-state index contributed by atoms with van der Waals surface area (Å²) in [5, 5.41) is 17.3. The second kappa shape index (κ2) is 12.6. The number of carboxylic acids is 2. The van der Waals surface area contributed by atoms with E-state index >= 15 is 0 Å². The number of hydrogen-bond acceptors (Lipinski definition) is 7. The maximum absolute atomic E-state index is 12.5. The van der Waals surface area contributed by atoms with E-state index in [4.69, 9.17) is 29.0 Å². The monoisotopic (exact) mass is 555 g/mol. The number of carbonyl (C=O) groups is 3. The topological polar surface area (TPSA) is 142 Å². The molecule has 210 valence electrons. The Kier molecular flexibility index (Phi) is 10.1. The van der Waals surface area contributed by atoms with Crippen LogP contribution in [0.3, 0.4) is 0 Å². The molecule has 2 fully saturated rings. The first-order valence-corrected chi connectivity index (χ1v) is 10.8. The number of carboxylic acid groups (broad SMARTS) is 2. The molecule has 2 saturated heterocycles. The number of nitrogens with one attached hydrogen (secondary N) is 1. The van der Waals surface area contributed by atoms with E-state index in [1.165, 1.54) is 0 Å². The number of rotatable bonds is 5. The number of aromatic nitrogens is 1. The zero-order valence-electron chi connectivity index (χ0n) is 19.5. The molecule has 2 aliphatic rings. The highest BCUT2D eigenvalue weighted by Crippen LogP contribution is 2.42. The molecule has 0 saturated carbocycles. The fourth-order valence-electron chi connectivity index (χ4n) is 3.82. The standard InChI is InChI=1S/C18H21N3O3.2C2HF3O2/c22-17-18(5-7-21(13-18)10-14-4-8-23-11-14)15(9-20-17)12-24-16-3-1-2-6-19-16;2*3-2(4,5)1(6)7/h1-4,6,8,11,15H,5,7,9-10,12-13H2,(H,20,22);2*(H,6,7)/t15-,18-;;/m1../s1. The first kappa shape index (κ1) is 30.4. The van der Waals surface area contributed by atoms with E-state index in [0.29, 0.717) is 19.0 Å². The molecule has 0 radical (unpaired) electrons. The van der Waals surface area contributed by atoms with Crippen LogP contribution in [-0.4, -0.2) is 76.5 Å². The van der Waals surface area contributed by atoms with E-state index in [0.717, 1.165) is 31.6 Å². The summed E-state index contributed by atoms with van der Waals surface area (Å²) in [5.74, 6) is -4.58. The van der Waals surface area contributed by atoms with Crippen molar-refractivity contribution in [1.29, 1.82) is 0 Å². The Morgan fingerprint density at radius 2 is 1.76 bits per heavy atom. The van der Waals surface area contributed by atoms with E-state index in [9.17, 15) is 31.1 Å². The Labute approximate surface area is 211 Å². The van der Waals surface area contributed by atoms with Gasteiger partial charge in [0.15, 0.2) is 0 Å². The molecule has 38 heavy (non-hydrogen) atoms. The van der Waals surface area contributed by atoms with Crippen LogP contribution in [0.4, 0.5) is 26.3 Å². The number of hydrogen-bond donors (Lipinski definition) is 3. The molecule has 0 unspecified atom stereocenters. The van der Waals surface area contributed by atoms with Gasteiger partial charge in [0.2, 0.25) is 11.8 Å². The van der Waals surface area contributed by atoms with E-state index in [-0.39, 0.29) is 17.2 Å². The number of halogens is 6. The van der Waals surface area contributed by atoms with Crippen molar-refractivity contribution in [2.24, 2.45) is 11.3 Å². The number of aliphatic carboxylic acids is 2. The van der Waals surface area contributed by atoms with Gasteiger partial charge < -0.3 is 24.7 Å². The normalized spacial score (nSPS) is 21.1. The number of alkyl halides is 6. The minimum absolute atomic E-state index is 0.159. The van der Waals surface area contributed by atoms with Gasteiger partial charge in [0.25, 0.3) is 0 Å². The van der Waals surface area contributed by atoms with Crippen molar-refractivity contribution in [2.45, 2.75) is 25.3 Å². The van der Waals surface area contributed by atoms with Crippen molar-refractivity contribution in [3.63, 3.8) is 0 Å². The van der Waals surface area contributed by atoms with Gasteiger partial charge in [0, 0.05) is 43.4 Å².